The molecule has 0 heterocycles. The molecule has 0 saturated heterocycles. The molecule has 14 heavy (non-hydrogen) atoms. The lowest BCUT2D eigenvalue weighted by molar-refractivity contribution is -0.117. The van der Waals surface area contributed by atoms with Gasteiger partial charge in [0.15, 0.2) is 5.78 Å². The van der Waals surface area contributed by atoms with Gasteiger partial charge in [0.25, 0.3) is 0 Å². The third kappa shape index (κ3) is 1.82. The highest BCUT2D eigenvalue weighted by Crippen LogP contribution is 2.23. The molecular formula is C12H13NO. The first kappa shape index (κ1) is 10.5. The van der Waals surface area contributed by atoms with E-state index in [9.17, 15) is 4.79 Å². The second kappa shape index (κ2) is 4.06. The smallest absolute Gasteiger partial charge is 0.151 e. The molecule has 1 rings (SSSR count). The van der Waals surface area contributed by atoms with E-state index in [1.807, 2.05) is 38.1 Å². The molecule has 0 aliphatic heterocycles. The first-order valence-electron chi connectivity index (χ1n) is 4.54. The van der Waals surface area contributed by atoms with Gasteiger partial charge in [-0.25, -0.2) is 0 Å². The number of nitriles is 1. The third-order valence-electron chi connectivity index (χ3n) is 2.37. The monoisotopic (exact) mass is 187 g/mol. The summed E-state index contributed by atoms with van der Waals surface area (Å²) in [5.41, 5.74) is 2.88. The summed E-state index contributed by atoms with van der Waals surface area (Å²) in [6.07, 6.45) is 0. The van der Waals surface area contributed by atoms with E-state index in [1.165, 1.54) is 6.92 Å². The Morgan fingerprint density at radius 1 is 1.36 bits per heavy atom. The second-order valence-corrected chi connectivity index (χ2v) is 3.48. The van der Waals surface area contributed by atoms with Crippen LogP contribution in [0.1, 0.15) is 29.5 Å². The number of carbonyl (C=O) groups excluding carboxylic acids is 1. The summed E-state index contributed by atoms with van der Waals surface area (Å²) in [5.74, 6) is -0.707. The lowest BCUT2D eigenvalue weighted by Crippen LogP contribution is -2.09. The standard InChI is InChI=1S/C12H13NO/c1-8-5-4-6-9(2)12(8)11(7-13)10(3)14/h4-6,11H,1-3H3. The Bertz CT molecular complexity index is 381. The van der Waals surface area contributed by atoms with Gasteiger partial charge in [0, 0.05) is 0 Å². The van der Waals surface area contributed by atoms with Crippen molar-refractivity contribution in [2.75, 3.05) is 0 Å². The molecule has 1 aromatic carbocycles. The van der Waals surface area contributed by atoms with Gasteiger partial charge in [0.2, 0.25) is 0 Å². The number of benzene rings is 1. The van der Waals surface area contributed by atoms with Gasteiger partial charge < -0.3 is 0 Å². The van der Waals surface area contributed by atoms with Crippen LogP contribution in [0, 0.1) is 25.2 Å². The molecule has 2 heteroatoms. The fourth-order valence-electron chi connectivity index (χ4n) is 1.64. The normalized spacial score (nSPS) is 11.9. The van der Waals surface area contributed by atoms with Crippen molar-refractivity contribution in [3.8, 4) is 6.07 Å². The van der Waals surface area contributed by atoms with Crippen LogP contribution in [0.3, 0.4) is 0 Å². The van der Waals surface area contributed by atoms with Gasteiger partial charge in [-0.05, 0) is 37.5 Å². The topological polar surface area (TPSA) is 40.9 Å². The summed E-state index contributed by atoms with van der Waals surface area (Å²) in [4.78, 5) is 11.3. The van der Waals surface area contributed by atoms with Crippen molar-refractivity contribution in [1.29, 1.82) is 5.26 Å². The van der Waals surface area contributed by atoms with Crippen LogP contribution in [0.4, 0.5) is 0 Å². The number of carbonyl (C=O) groups is 1. The molecule has 0 N–H and O–H groups in total. The lowest BCUT2D eigenvalue weighted by atomic mass is 9.89. The molecule has 1 atom stereocenters. The zero-order valence-corrected chi connectivity index (χ0v) is 8.66. The van der Waals surface area contributed by atoms with Crippen LogP contribution in [-0.4, -0.2) is 5.78 Å². The molecule has 0 aliphatic rings. The quantitative estimate of drug-likeness (QED) is 0.713. The first-order chi connectivity index (χ1) is 6.57. The number of nitrogens with zero attached hydrogens (tertiary/aromatic N) is 1. The van der Waals surface area contributed by atoms with Crippen molar-refractivity contribution in [3.63, 3.8) is 0 Å². The van der Waals surface area contributed by atoms with Crippen LogP contribution < -0.4 is 0 Å². The number of Topliss-reactive ketones (excluding diaryl/α,β-unsaturated/α-hetero) is 1. The molecule has 2 nitrogen and oxygen atoms in total. The van der Waals surface area contributed by atoms with E-state index >= 15 is 0 Å². The van der Waals surface area contributed by atoms with Gasteiger partial charge >= 0.3 is 0 Å². The van der Waals surface area contributed by atoms with Gasteiger partial charge in [-0.1, -0.05) is 18.2 Å². The molecule has 0 saturated carbocycles. The molecule has 72 valence electrons. The summed E-state index contributed by atoms with van der Waals surface area (Å²) in [5, 5.41) is 8.93. The average Bonchev–Trinajstić information content (AvgIpc) is 2.10. The SMILES string of the molecule is CC(=O)C(C#N)c1c(C)cccc1C. The highest BCUT2D eigenvalue weighted by atomic mass is 16.1. The molecule has 1 aromatic rings. The molecule has 1 unspecified atom stereocenters. The first-order valence-corrected chi connectivity index (χ1v) is 4.54. The Kier molecular flexibility index (Phi) is 3.03. The Hall–Kier alpha value is -1.62. The van der Waals surface area contributed by atoms with E-state index in [-0.39, 0.29) is 5.78 Å². The Balaban J connectivity index is 3.31. The number of rotatable bonds is 2. The fraction of sp³-hybridized carbons (Fsp3) is 0.333. The summed E-state index contributed by atoms with van der Waals surface area (Å²) < 4.78 is 0. The molecule has 0 amide bonds. The summed E-state index contributed by atoms with van der Waals surface area (Å²) in [6, 6.07) is 7.84. The maximum absolute atomic E-state index is 11.3. The van der Waals surface area contributed by atoms with Crippen LogP contribution in [0.5, 0.6) is 0 Å². The molecule has 0 aromatic heterocycles. The maximum atomic E-state index is 11.3. The second-order valence-electron chi connectivity index (χ2n) is 3.48. The molecule has 0 spiro atoms. The molecule has 0 radical (unpaired) electrons. The summed E-state index contributed by atoms with van der Waals surface area (Å²) in [7, 11) is 0. The van der Waals surface area contributed by atoms with Crippen LogP contribution in [0.2, 0.25) is 0 Å². The fourth-order valence-corrected chi connectivity index (χ4v) is 1.64. The van der Waals surface area contributed by atoms with E-state index < -0.39 is 5.92 Å². The van der Waals surface area contributed by atoms with E-state index in [2.05, 4.69) is 0 Å². The Labute approximate surface area is 84.2 Å². The average molecular weight is 187 g/mol. The summed E-state index contributed by atoms with van der Waals surface area (Å²) in [6.45, 7) is 5.31. The zero-order chi connectivity index (χ0) is 10.7. The van der Waals surface area contributed by atoms with Gasteiger partial charge in [-0.2, -0.15) is 5.26 Å². The highest BCUT2D eigenvalue weighted by molar-refractivity contribution is 5.87. The number of aryl methyl sites for hydroxylation is 2. The van der Waals surface area contributed by atoms with Crippen molar-refractivity contribution in [3.05, 3.63) is 34.9 Å². The number of ketones is 1. The van der Waals surface area contributed by atoms with Gasteiger partial charge in [-0.15, -0.1) is 0 Å². The van der Waals surface area contributed by atoms with Crippen molar-refractivity contribution >= 4 is 5.78 Å². The van der Waals surface area contributed by atoms with E-state index in [0.29, 0.717) is 0 Å². The van der Waals surface area contributed by atoms with Crippen LogP contribution in [0.15, 0.2) is 18.2 Å². The van der Waals surface area contributed by atoms with E-state index in [4.69, 9.17) is 5.26 Å². The Morgan fingerprint density at radius 2 is 1.86 bits per heavy atom. The van der Waals surface area contributed by atoms with E-state index in [0.717, 1.165) is 16.7 Å². The van der Waals surface area contributed by atoms with Gasteiger partial charge in [0.05, 0.1) is 6.07 Å². The van der Waals surface area contributed by atoms with Crippen molar-refractivity contribution < 1.29 is 4.79 Å². The molecule has 0 aliphatic carbocycles. The summed E-state index contributed by atoms with van der Waals surface area (Å²) >= 11 is 0. The lowest BCUT2D eigenvalue weighted by Gasteiger charge is -2.12. The van der Waals surface area contributed by atoms with Crippen LogP contribution in [0.25, 0.3) is 0 Å². The van der Waals surface area contributed by atoms with Crippen LogP contribution >= 0.6 is 0 Å². The minimum atomic E-state index is -0.615. The van der Waals surface area contributed by atoms with Crippen LogP contribution in [-0.2, 0) is 4.79 Å². The highest BCUT2D eigenvalue weighted by Gasteiger charge is 2.19. The minimum Gasteiger partial charge on any atom is -0.298 e. The molecular weight excluding hydrogens is 174 g/mol. The molecule has 0 bridgehead atoms. The Morgan fingerprint density at radius 3 is 2.21 bits per heavy atom. The largest absolute Gasteiger partial charge is 0.298 e. The van der Waals surface area contributed by atoms with E-state index in [1.54, 1.807) is 0 Å². The predicted molar refractivity (Wildman–Crippen MR) is 55.0 cm³/mol. The predicted octanol–water partition coefficient (Wildman–Crippen LogP) is 2.50. The van der Waals surface area contributed by atoms with Crippen molar-refractivity contribution in [2.24, 2.45) is 0 Å². The minimum absolute atomic E-state index is 0.0927. The zero-order valence-electron chi connectivity index (χ0n) is 8.66. The van der Waals surface area contributed by atoms with Gasteiger partial charge in [0.1, 0.15) is 5.92 Å². The third-order valence-corrected chi connectivity index (χ3v) is 2.37. The molecule has 0 fully saturated rings. The number of hydrogen-bond donors (Lipinski definition) is 0. The van der Waals surface area contributed by atoms with Gasteiger partial charge in [-0.3, -0.25) is 4.79 Å². The van der Waals surface area contributed by atoms with Crippen molar-refractivity contribution in [2.45, 2.75) is 26.7 Å². The van der Waals surface area contributed by atoms with Crippen molar-refractivity contribution in [1.82, 2.24) is 0 Å². The maximum Gasteiger partial charge on any atom is 0.151 e. The number of hydrogen-bond acceptors (Lipinski definition) is 2.